The normalized spacial score (nSPS) is 19.5. The fourth-order valence-electron chi connectivity index (χ4n) is 1.95. The van der Waals surface area contributed by atoms with Crippen LogP contribution in [0.3, 0.4) is 0 Å². The number of aliphatic carboxylic acids is 1. The van der Waals surface area contributed by atoms with Crippen LogP contribution in [0.1, 0.15) is 35.6 Å². The van der Waals surface area contributed by atoms with Crippen LogP contribution in [-0.2, 0) is 27.3 Å². The van der Waals surface area contributed by atoms with Crippen molar-refractivity contribution in [3.8, 4) is 0 Å². The summed E-state index contributed by atoms with van der Waals surface area (Å²) in [7, 11) is 0. The van der Waals surface area contributed by atoms with Gasteiger partial charge in [0.2, 0.25) is 0 Å². The van der Waals surface area contributed by atoms with Gasteiger partial charge >= 0.3 is 5.97 Å². The van der Waals surface area contributed by atoms with E-state index in [1.165, 1.54) is 6.08 Å². The number of nitrogens with zero attached hydrogens (tertiary/aromatic N) is 1. The Hall–Kier alpha value is -1.24. The number of hydrogen-bond donors (Lipinski definition) is 1. The molecule has 0 aliphatic carbocycles. The van der Waals surface area contributed by atoms with Gasteiger partial charge in [-0.15, -0.1) is 11.3 Å². The van der Waals surface area contributed by atoms with E-state index in [2.05, 4.69) is 4.98 Å². The van der Waals surface area contributed by atoms with Gasteiger partial charge in [-0.3, -0.25) is 0 Å². The molecule has 1 aromatic rings. The number of allylic oxidation sites excluding steroid dienone is 1. The van der Waals surface area contributed by atoms with Gasteiger partial charge in [0.15, 0.2) is 6.29 Å². The second-order valence-corrected chi connectivity index (χ2v) is 5.81. The van der Waals surface area contributed by atoms with E-state index in [0.717, 1.165) is 42.2 Å². The zero-order valence-corrected chi connectivity index (χ0v) is 12.1. The van der Waals surface area contributed by atoms with Crippen LogP contribution in [0.5, 0.6) is 0 Å². The van der Waals surface area contributed by atoms with Gasteiger partial charge in [0, 0.05) is 23.8 Å². The summed E-state index contributed by atoms with van der Waals surface area (Å²) >= 11 is 1.61. The first-order valence-corrected chi connectivity index (χ1v) is 7.62. The van der Waals surface area contributed by atoms with Crippen molar-refractivity contribution in [2.24, 2.45) is 0 Å². The molecule has 6 heteroatoms. The maximum atomic E-state index is 10.3. The summed E-state index contributed by atoms with van der Waals surface area (Å²) in [6.07, 6.45) is 9.32. The molecular formula is C14H19NO4S. The van der Waals surface area contributed by atoms with E-state index >= 15 is 0 Å². The van der Waals surface area contributed by atoms with E-state index in [1.54, 1.807) is 17.4 Å². The molecule has 1 aliphatic rings. The lowest BCUT2D eigenvalue weighted by atomic mass is 10.2. The maximum Gasteiger partial charge on any atom is 0.327 e. The number of hydrogen-bond acceptors (Lipinski definition) is 5. The van der Waals surface area contributed by atoms with Gasteiger partial charge in [0.1, 0.15) is 11.6 Å². The predicted molar refractivity (Wildman–Crippen MR) is 75.6 cm³/mol. The van der Waals surface area contributed by atoms with Crippen LogP contribution in [0, 0.1) is 0 Å². The molecule has 0 amide bonds. The van der Waals surface area contributed by atoms with Gasteiger partial charge in [0.05, 0.1) is 0 Å². The van der Waals surface area contributed by atoms with E-state index in [9.17, 15) is 4.79 Å². The second kappa shape index (κ2) is 8.14. The van der Waals surface area contributed by atoms with Crippen molar-refractivity contribution in [2.45, 2.75) is 45.0 Å². The van der Waals surface area contributed by atoms with Crippen molar-refractivity contribution in [1.29, 1.82) is 0 Å². The Morgan fingerprint density at radius 3 is 3.25 bits per heavy atom. The molecule has 0 bridgehead atoms. The van der Waals surface area contributed by atoms with Crippen molar-refractivity contribution in [3.63, 3.8) is 0 Å². The Morgan fingerprint density at radius 2 is 2.50 bits per heavy atom. The maximum absolute atomic E-state index is 10.3. The van der Waals surface area contributed by atoms with E-state index in [4.69, 9.17) is 14.6 Å². The molecule has 0 saturated carbocycles. The third-order valence-electron chi connectivity index (χ3n) is 2.95. The van der Waals surface area contributed by atoms with Crippen LogP contribution in [-0.4, -0.2) is 29.0 Å². The Balaban J connectivity index is 1.70. The molecule has 1 saturated heterocycles. The lowest BCUT2D eigenvalue weighted by Crippen LogP contribution is -2.21. The Kier molecular flexibility index (Phi) is 6.17. The monoisotopic (exact) mass is 297 g/mol. The highest BCUT2D eigenvalue weighted by molar-refractivity contribution is 7.11. The number of ether oxygens (including phenoxy) is 2. The highest BCUT2D eigenvalue weighted by Crippen LogP contribution is 2.19. The molecule has 1 atom stereocenters. The van der Waals surface area contributed by atoms with Gasteiger partial charge in [-0.1, -0.05) is 6.08 Å². The van der Waals surface area contributed by atoms with Crippen molar-refractivity contribution in [1.82, 2.24) is 4.98 Å². The Bertz CT molecular complexity index is 452. The standard InChI is InChI=1S/C14H19NO4S/c16-13(17)6-2-1-5-11-9-15-12(20-11)10-19-14-7-3-4-8-18-14/h2,6,9,14H,1,3-5,7-8,10H2,(H,16,17)/b6-2+. The molecule has 1 N–H and O–H groups in total. The lowest BCUT2D eigenvalue weighted by Gasteiger charge is -2.22. The summed E-state index contributed by atoms with van der Waals surface area (Å²) in [5, 5.41) is 9.42. The number of carboxylic acid groups (broad SMARTS) is 1. The topological polar surface area (TPSA) is 68.7 Å². The highest BCUT2D eigenvalue weighted by Gasteiger charge is 2.14. The zero-order chi connectivity index (χ0) is 14.2. The molecule has 0 radical (unpaired) electrons. The fourth-order valence-corrected chi connectivity index (χ4v) is 2.81. The quantitative estimate of drug-likeness (QED) is 0.784. The van der Waals surface area contributed by atoms with Crippen molar-refractivity contribution in [3.05, 3.63) is 28.2 Å². The number of carbonyl (C=O) groups is 1. The van der Waals surface area contributed by atoms with Crippen LogP contribution < -0.4 is 0 Å². The summed E-state index contributed by atoms with van der Waals surface area (Å²) in [6, 6.07) is 0. The van der Waals surface area contributed by atoms with Crippen molar-refractivity contribution >= 4 is 17.3 Å². The third kappa shape index (κ3) is 5.40. The second-order valence-electron chi connectivity index (χ2n) is 4.61. The van der Waals surface area contributed by atoms with Crippen LogP contribution >= 0.6 is 11.3 Å². The first-order chi connectivity index (χ1) is 9.74. The molecule has 2 rings (SSSR count). The van der Waals surface area contributed by atoms with Crippen LogP contribution in [0.2, 0.25) is 0 Å². The van der Waals surface area contributed by atoms with E-state index in [1.807, 2.05) is 6.20 Å². The molecule has 5 nitrogen and oxygen atoms in total. The minimum absolute atomic E-state index is 0.0883. The average Bonchev–Trinajstić information content (AvgIpc) is 2.90. The molecule has 1 aliphatic heterocycles. The minimum Gasteiger partial charge on any atom is -0.478 e. The van der Waals surface area contributed by atoms with Gasteiger partial charge in [-0.05, 0) is 32.1 Å². The SMILES string of the molecule is O=C(O)/C=C/CCc1cnc(COC2CCCCO2)s1. The van der Waals surface area contributed by atoms with Gasteiger partial charge in [0.25, 0.3) is 0 Å². The molecule has 1 unspecified atom stereocenters. The Morgan fingerprint density at radius 1 is 1.60 bits per heavy atom. The van der Waals surface area contributed by atoms with Gasteiger partial charge in [-0.2, -0.15) is 0 Å². The number of aryl methyl sites for hydroxylation is 1. The molecule has 20 heavy (non-hydrogen) atoms. The highest BCUT2D eigenvalue weighted by atomic mass is 32.1. The van der Waals surface area contributed by atoms with E-state index in [0.29, 0.717) is 13.0 Å². The summed E-state index contributed by atoms with van der Waals surface area (Å²) in [5.74, 6) is -0.907. The first kappa shape index (κ1) is 15.2. The smallest absolute Gasteiger partial charge is 0.327 e. The summed E-state index contributed by atoms with van der Waals surface area (Å²) in [5.41, 5.74) is 0. The number of aromatic nitrogens is 1. The molecular weight excluding hydrogens is 278 g/mol. The van der Waals surface area contributed by atoms with Crippen LogP contribution in [0.25, 0.3) is 0 Å². The lowest BCUT2D eigenvalue weighted by molar-refractivity contribution is -0.168. The summed E-state index contributed by atoms with van der Waals surface area (Å²) in [6.45, 7) is 1.27. The molecule has 110 valence electrons. The van der Waals surface area contributed by atoms with Crippen molar-refractivity contribution in [2.75, 3.05) is 6.61 Å². The van der Waals surface area contributed by atoms with Crippen LogP contribution in [0.4, 0.5) is 0 Å². The number of thiazole rings is 1. The number of rotatable bonds is 7. The predicted octanol–water partition coefficient (Wildman–Crippen LogP) is 2.76. The van der Waals surface area contributed by atoms with Crippen LogP contribution in [0.15, 0.2) is 18.3 Å². The zero-order valence-electron chi connectivity index (χ0n) is 11.3. The first-order valence-electron chi connectivity index (χ1n) is 6.80. The average molecular weight is 297 g/mol. The third-order valence-corrected chi connectivity index (χ3v) is 3.98. The van der Waals surface area contributed by atoms with Crippen molar-refractivity contribution < 1.29 is 19.4 Å². The fraction of sp³-hybridized carbons (Fsp3) is 0.571. The minimum atomic E-state index is -0.907. The summed E-state index contributed by atoms with van der Waals surface area (Å²) < 4.78 is 11.2. The molecule has 2 heterocycles. The molecule has 1 fully saturated rings. The molecule has 0 aromatic carbocycles. The van der Waals surface area contributed by atoms with Gasteiger partial charge < -0.3 is 14.6 Å². The Labute approximate surface area is 122 Å². The van der Waals surface area contributed by atoms with E-state index in [-0.39, 0.29) is 6.29 Å². The molecule has 0 spiro atoms. The molecule has 1 aromatic heterocycles. The van der Waals surface area contributed by atoms with Gasteiger partial charge in [-0.25, -0.2) is 9.78 Å². The van der Waals surface area contributed by atoms with E-state index < -0.39 is 5.97 Å². The summed E-state index contributed by atoms with van der Waals surface area (Å²) in [4.78, 5) is 15.8. The largest absolute Gasteiger partial charge is 0.478 e. The number of carboxylic acids is 1.